The Kier molecular flexibility index (Phi) is 6.78. The summed E-state index contributed by atoms with van der Waals surface area (Å²) in [6, 6.07) is 23.7. The first-order valence-electron chi connectivity index (χ1n) is 12.2. The van der Waals surface area contributed by atoms with E-state index in [9.17, 15) is 9.59 Å². The molecule has 0 unspecified atom stereocenters. The van der Waals surface area contributed by atoms with Gasteiger partial charge in [-0.3, -0.25) is 14.6 Å². The van der Waals surface area contributed by atoms with Crippen molar-refractivity contribution >= 4 is 28.3 Å². The Morgan fingerprint density at radius 1 is 0.917 bits per heavy atom. The Morgan fingerprint density at radius 3 is 2.42 bits per heavy atom. The summed E-state index contributed by atoms with van der Waals surface area (Å²) >= 11 is 0. The van der Waals surface area contributed by atoms with Crippen LogP contribution in [0.15, 0.2) is 85.2 Å². The normalized spacial score (nSPS) is 16.6. The van der Waals surface area contributed by atoms with Crippen LogP contribution < -0.4 is 10.6 Å². The second-order valence-electron chi connectivity index (χ2n) is 9.73. The third-order valence-electron chi connectivity index (χ3n) is 6.61. The zero-order valence-corrected chi connectivity index (χ0v) is 20.6. The lowest BCUT2D eigenvalue weighted by Gasteiger charge is -2.11. The maximum atomic E-state index is 12.8. The number of rotatable bonds is 8. The molecule has 4 aromatic rings. The molecule has 5 rings (SSSR count). The van der Waals surface area contributed by atoms with E-state index in [2.05, 4.69) is 44.8 Å². The summed E-state index contributed by atoms with van der Waals surface area (Å²) in [7, 11) is 4.09. The highest BCUT2D eigenvalue weighted by atomic mass is 16.2. The molecular weight excluding hydrogens is 448 g/mol. The van der Waals surface area contributed by atoms with Crippen molar-refractivity contribution < 1.29 is 9.59 Å². The molecule has 1 saturated carbocycles. The molecule has 0 spiro atoms. The maximum absolute atomic E-state index is 12.8. The van der Waals surface area contributed by atoms with E-state index in [0.29, 0.717) is 12.1 Å². The fourth-order valence-corrected chi connectivity index (χ4v) is 4.54. The lowest BCUT2D eigenvalue weighted by molar-refractivity contribution is -0.117. The number of fused-ring (bicyclic) bond motifs is 1. The van der Waals surface area contributed by atoms with Gasteiger partial charge in [-0.05, 0) is 78.8 Å². The van der Waals surface area contributed by atoms with Gasteiger partial charge in [0.25, 0.3) is 5.91 Å². The van der Waals surface area contributed by atoms with E-state index >= 15 is 0 Å². The topological polar surface area (TPSA) is 74.3 Å². The average molecular weight is 479 g/mol. The van der Waals surface area contributed by atoms with Gasteiger partial charge in [0, 0.05) is 48.0 Å². The largest absolute Gasteiger partial charge is 0.348 e. The fraction of sp³-hybridized carbons (Fsp3) is 0.233. The van der Waals surface area contributed by atoms with Crippen LogP contribution in [0.25, 0.3) is 10.8 Å². The predicted molar refractivity (Wildman–Crippen MR) is 143 cm³/mol. The van der Waals surface area contributed by atoms with Crippen LogP contribution in [0.4, 0.5) is 5.69 Å². The molecule has 1 fully saturated rings. The van der Waals surface area contributed by atoms with E-state index in [1.807, 2.05) is 68.8 Å². The van der Waals surface area contributed by atoms with E-state index in [1.165, 1.54) is 5.56 Å². The van der Waals surface area contributed by atoms with Crippen LogP contribution in [0.3, 0.4) is 0 Å². The van der Waals surface area contributed by atoms with Gasteiger partial charge in [-0.2, -0.15) is 0 Å². The van der Waals surface area contributed by atoms with E-state index in [1.54, 1.807) is 6.20 Å². The molecule has 1 aromatic heterocycles. The fourth-order valence-electron chi connectivity index (χ4n) is 4.54. The Hall–Kier alpha value is -4.03. The van der Waals surface area contributed by atoms with Gasteiger partial charge in [-0.15, -0.1) is 0 Å². The molecule has 1 heterocycles. The smallest absolute Gasteiger partial charge is 0.251 e. The number of anilines is 1. The molecule has 0 saturated heterocycles. The Labute approximate surface area is 211 Å². The molecule has 3 aromatic carbocycles. The minimum Gasteiger partial charge on any atom is -0.348 e. The van der Waals surface area contributed by atoms with E-state index in [-0.39, 0.29) is 23.7 Å². The molecule has 182 valence electrons. The summed E-state index contributed by atoms with van der Waals surface area (Å²) in [6.45, 7) is 1.38. The van der Waals surface area contributed by atoms with E-state index < -0.39 is 0 Å². The number of hydrogen-bond acceptors (Lipinski definition) is 4. The summed E-state index contributed by atoms with van der Waals surface area (Å²) in [5.74, 6) is 0.0723. The van der Waals surface area contributed by atoms with Crippen LogP contribution in [0.2, 0.25) is 0 Å². The number of pyridine rings is 1. The summed E-state index contributed by atoms with van der Waals surface area (Å²) in [4.78, 5) is 31.6. The average Bonchev–Trinajstić information content (AvgIpc) is 3.69. The quantitative estimate of drug-likeness (QED) is 0.375. The van der Waals surface area contributed by atoms with Gasteiger partial charge >= 0.3 is 0 Å². The SMILES string of the molecule is CN(C)Cc1ccc(CNC(=O)c2ccc([C@@H]3C[C@H]3C(=O)Nc3ccc4cnccc4c3)cc2)cc1. The van der Waals surface area contributed by atoms with E-state index in [0.717, 1.165) is 40.6 Å². The van der Waals surface area contributed by atoms with Gasteiger partial charge < -0.3 is 15.5 Å². The lowest BCUT2D eigenvalue weighted by atomic mass is 10.1. The Bertz CT molecular complexity index is 1380. The number of hydrogen-bond donors (Lipinski definition) is 2. The number of nitrogens with one attached hydrogen (secondary N) is 2. The number of amides is 2. The number of carbonyl (C=O) groups is 2. The first kappa shape index (κ1) is 23.7. The molecule has 1 aliphatic rings. The van der Waals surface area contributed by atoms with Crippen LogP contribution >= 0.6 is 0 Å². The van der Waals surface area contributed by atoms with E-state index in [4.69, 9.17) is 0 Å². The van der Waals surface area contributed by atoms with Crippen LogP contribution in [-0.2, 0) is 17.9 Å². The second kappa shape index (κ2) is 10.3. The highest BCUT2D eigenvalue weighted by Crippen LogP contribution is 2.48. The van der Waals surface area contributed by atoms with Crippen molar-refractivity contribution in [1.29, 1.82) is 0 Å². The number of carbonyl (C=O) groups excluding carboxylic acids is 2. The predicted octanol–water partition coefficient (Wildman–Crippen LogP) is 4.97. The monoisotopic (exact) mass is 478 g/mol. The van der Waals surface area contributed by atoms with Crippen molar-refractivity contribution in [3.8, 4) is 0 Å². The maximum Gasteiger partial charge on any atom is 0.251 e. The van der Waals surface area contributed by atoms with Gasteiger partial charge in [0.1, 0.15) is 0 Å². The van der Waals surface area contributed by atoms with Crippen LogP contribution in [0, 0.1) is 5.92 Å². The first-order chi connectivity index (χ1) is 17.5. The minimum absolute atomic E-state index is 0.0341. The summed E-state index contributed by atoms with van der Waals surface area (Å²) in [5, 5.41) is 8.12. The summed E-state index contributed by atoms with van der Waals surface area (Å²) in [6.07, 6.45) is 4.38. The van der Waals surface area contributed by atoms with Gasteiger partial charge in [0.2, 0.25) is 5.91 Å². The molecule has 0 radical (unpaired) electrons. The zero-order valence-electron chi connectivity index (χ0n) is 20.6. The molecule has 1 aliphatic carbocycles. The molecule has 36 heavy (non-hydrogen) atoms. The molecule has 0 bridgehead atoms. The third-order valence-corrected chi connectivity index (χ3v) is 6.61. The second-order valence-corrected chi connectivity index (χ2v) is 9.73. The molecule has 2 N–H and O–H groups in total. The molecule has 2 atom stereocenters. The number of aromatic nitrogens is 1. The number of benzene rings is 3. The van der Waals surface area contributed by atoms with Crippen molar-refractivity contribution in [2.75, 3.05) is 19.4 Å². The van der Waals surface area contributed by atoms with Crippen molar-refractivity contribution in [2.45, 2.75) is 25.4 Å². The third kappa shape index (κ3) is 5.61. The van der Waals surface area contributed by atoms with Crippen molar-refractivity contribution in [1.82, 2.24) is 15.2 Å². The molecule has 6 nitrogen and oxygen atoms in total. The highest BCUT2D eigenvalue weighted by molar-refractivity contribution is 5.97. The lowest BCUT2D eigenvalue weighted by Crippen LogP contribution is -2.22. The van der Waals surface area contributed by atoms with Gasteiger partial charge in [0.05, 0.1) is 0 Å². The molecule has 0 aliphatic heterocycles. The summed E-state index contributed by atoms with van der Waals surface area (Å²) in [5.41, 5.74) is 4.82. The number of nitrogens with zero attached hydrogens (tertiary/aromatic N) is 2. The van der Waals surface area contributed by atoms with Gasteiger partial charge in [-0.1, -0.05) is 42.5 Å². The standard InChI is InChI=1S/C30H30N4O2/c1-34(2)19-21-5-3-20(4-6-21)17-32-29(35)23-9-7-22(8-10-23)27-16-28(27)30(36)33-26-12-11-25-18-31-14-13-24(25)15-26/h3-15,18,27-28H,16-17,19H2,1-2H3,(H,32,35)(H,33,36)/t27-,28+/m0/s1. The summed E-state index contributed by atoms with van der Waals surface area (Å²) < 4.78 is 0. The highest BCUT2D eigenvalue weighted by Gasteiger charge is 2.43. The van der Waals surface area contributed by atoms with Crippen molar-refractivity contribution in [3.63, 3.8) is 0 Å². The van der Waals surface area contributed by atoms with Crippen molar-refractivity contribution in [2.24, 2.45) is 5.92 Å². The Morgan fingerprint density at radius 2 is 1.67 bits per heavy atom. The Balaban J connectivity index is 1.13. The van der Waals surface area contributed by atoms with Crippen LogP contribution in [-0.4, -0.2) is 35.8 Å². The first-order valence-corrected chi connectivity index (χ1v) is 12.2. The zero-order chi connectivity index (χ0) is 25.1. The molecule has 2 amide bonds. The van der Waals surface area contributed by atoms with Crippen molar-refractivity contribution in [3.05, 3.63) is 107 Å². The van der Waals surface area contributed by atoms with Gasteiger partial charge in [-0.25, -0.2) is 0 Å². The van der Waals surface area contributed by atoms with Gasteiger partial charge in [0.15, 0.2) is 0 Å². The van der Waals surface area contributed by atoms with Crippen LogP contribution in [0.5, 0.6) is 0 Å². The molecule has 6 heteroatoms. The minimum atomic E-state index is -0.101. The van der Waals surface area contributed by atoms with Crippen LogP contribution in [0.1, 0.15) is 39.4 Å². The molecular formula is C30H30N4O2.